The Morgan fingerprint density at radius 3 is 2.63 bits per heavy atom. The maximum atomic E-state index is 6.26. The molecule has 1 fully saturated rings. The van der Waals surface area contributed by atoms with Gasteiger partial charge in [0.15, 0.2) is 0 Å². The van der Waals surface area contributed by atoms with Crippen molar-refractivity contribution in [3.63, 3.8) is 0 Å². The molecule has 106 valence electrons. The van der Waals surface area contributed by atoms with Crippen molar-refractivity contribution in [1.82, 2.24) is 5.32 Å². The average molecular weight is 302 g/mol. The van der Waals surface area contributed by atoms with Gasteiger partial charge < -0.3 is 10.1 Å². The summed E-state index contributed by atoms with van der Waals surface area (Å²) in [6.45, 7) is 5.95. The molecular weight excluding hydrogens is 281 g/mol. The third-order valence-corrected chi connectivity index (χ3v) is 4.26. The molecule has 0 bridgehead atoms. The van der Waals surface area contributed by atoms with E-state index in [-0.39, 0.29) is 0 Å². The van der Waals surface area contributed by atoms with Crippen LogP contribution in [0.1, 0.15) is 25.8 Å². The van der Waals surface area contributed by atoms with E-state index < -0.39 is 0 Å². The van der Waals surface area contributed by atoms with Gasteiger partial charge in [-0.2, -0.15) is 0 Å². The summed E-state index contributed by atoms with van der Waals surface area (Å²) in [6, 6.07) is 6.64. The van der Waals surface area contributed by atoms with Crippen molar-refractivity contribution in [3.8, 4) is 0 Å². The van der Waals surface area contributed by atoms with Crippen molar-refractivity contribution in [2.75, 3.05) is 13.2 Å². The molecule has 0 amide bonds. The minimum absolute atomic E-state index is 0.425. The lowest BCUT2D eigenvalue weighted by molar-refractivity contribution is 0.0300. The molecule has 4 heteroatoms. The Balaban J connectivity index is 2.11. The topological polar surface area (TPSA) is 21.3 Å². The first-order valence-corrected chi connectivity index (χ1v) is 7.60. The van der Waals surface area contributed by atoms with E-state index in [0.29, 0.717) is 18.0 Å². The molecule has 0 saturated carbocycles. The van der Waals surface area contributed by atoms with Gasteiger partial charge in [0.05, 0.1) is 6.61 Å². The highest BCUT2D eigenvalue weighted by Gasteiger charge is 2.27. The second-order valence-electron chi connectivity index (χ2n) is 5.46. The molecule has 1 saturated heterocycles. The molecule has 1 N–H and O–H groups in total. The molecule has 2 atom stereocenters. The van der Waals surface area contributed by atoms with E-state index in [1.165, 1.54) is 0 Å². The summed E-state index contributed by atoms with van der Waals surface area (Å²) < 4.78 is 5.62. The molecule has 0 aromatic heterocycles. The SMILES string of the molecule is CC(C)NC1CCOCC1Cc1c(Cl)cccc1Cl. The lowest BCUT2D eigenvalue weighted by atomic mass is 9.89. The van der Waals surface area contributed by atoms with Crippen LogP contribution in [0.15, 0.2) is 18.2 Å². The number of ether oxygens (including phenoxy) is 1. The van der Waals surface area contributed by atoms with Gasteiger partial charge in [0.2, 0.25) is 0 Å². The highest BCUT2D eigenvalue weighted by atomic mass is 35.5. The van der Waals surface area contributed by atoms with Gasteiger partial charge in [-0.05, 0) is 30.5 Å². The third-order valence-electron chi connectivity index (χ3n) is 3.55. The summed E-state index contributed by atoms with van der Waals surface area (Å²) >= 11 is 12.5. The molecule has 2 nitrogen and oxygen atoms in total. The van der Waals surface area contributed by atoms with E-state index in [9.17, 15) is 0 Å². The summed E-state index contributed by atoms with van der Waals surface area (Å²) in [5.41, 5.74) is 1.04. The molecule has 1 aliphatic heterocycles. The standard InChI is InChI=1S/C15H21Cl2NO/c1-10(2)18-15-6-7-19-9-11(15)8-12-13(16)4-3-5-14(12)17/h3-5,10-11,15,18H,6-9H2,1-2H3. The largest absolute Gasteiger partial charge is 0.381 e. The maximum absolute atomic E-state index is 6.26. The third kappa shape index (κ3) is 4.09. The molecule has 0 aliphatic carbocycles. The van der Waals surface area contributed by atoms with Crippen LogP contribution >= 0.6 is 23.2 Å². The van der Waals surface area contributed by atoms with E-state index in [4.69, 9.17) is 27.9 Å². The molecule has 1 aromatic carbocycles. The normalized spacial score (nSPS) is 23.8. The zero-order chi connectivity index (χ0) is 13.8. The highest BCUT2D eigenvalue weighted by molar-refractivity contribution is 6.35. The first-order chi connectivity index (χ1) is 9.08. The fraction of sp³-hybridized carbons (Fsp3) is 0.600. The molecule has 0 spiro atoms. The van der Waals surface area contributed by atoms with Crippen LogP contribution in [0.25, 0.3) is 0 Å². The summed E-state index contributed by atoms with van der Waals surface area (Å²) in [4.78, 5) is 0. The highest BCUT2D eigenvalue weighted by Crippen LogP contribution is 2.29. The van der Waals surface area contributed by atoms with Gasteiger partial charge in [0.1, 0.15) is 0 Å². The molecule has 0 radical (unpaired) electrons. The fourth-order valence-corrected chi connectivity index (χ4v) is 3.19. The predicted molar refractivity (Wildman–Crippen MR) is 81.2 cm³/mol. The molecule has 1 aliphatic rings. The van der Waals surface area contributed by atoms with Crippen LogP contribution in [-0.2, 0) is 11.2 Å². The van der Waals surface area contributed by atoms with Crippen LogP contribution < -0.4 is 5.32 Å². The van der Waals surface area contributed by atoms with Crippen LogP contribution in [0.2, 0.25) is 10.0 Å². The van der Waals surface area contributed by atoms with Crippen molar-refractivity contribution in [2.45, 2.75) is 38.8 Å². The summed E-state index contributed by atoms with van der Waals surface area (Å²) in [7, 11) is 0. The molecule has 2 unspecified atom stereocenters. The van der Waals surface area contributed by atoms with Crippen LogP contribution in [-0.4, -0.2) is 25.3 Å². The molecule has 19 heavy (non-hydrogen) atoms. The Hall–Kier alpha value is -0.280. The second-order valence-corrected chi connectivity index (χ2v) is 6.27. The zero-order valence-corrected chi connectivity index (χ0v) is 13.0. The van der Waals surface area contributed by atoms with Crippen molar-refractivity contribution >= 4 is 23.2 Å². The van der Waals surface area contributed by atoms with Crippen LogP contribution in [0.5, 0.6) is 0 Å². The van der Waals surface area contributed by atoms with E-state index in [1.54, 1.807) is 0 Å². The number of rotatable bonds is 4. The van der Waals surface area contributed by atoms with E-state index in [1.807, 2.05) is 18.2 Å². The Kier molecular flexibility index (Phi) is 5.52. The van der Waals surface area contributed by atoms with Crippen LogP contribution in [0.4, 0.5) is 0 Å². The van der Waals surface area contributed by atoms with Crippen LogP contribution in [0, 0.1) is 5.92 Å². The number of hydrogen-bond donors (Lipinski definition) is 1. The van der Waals surface area contributed by atoms with Crippen molar-refractivity contribution in [1.29, 1.82) is 0 Å². The second kappa shape index (κ2) is 6.94. The minimum atomic E-state index is 0.425. The maximum Gasteiger partial charge on any atom is 0.0512 e. The quantitative estimate of drug-likeness (QED) is 0.909. The Morgan fingerprint density at radius 2 is 2.00 bits per heavy atom. The molecule has 2 rings (SSSR count). The van der Waals surface area contributed by atoms with Gasteiger partial charge in [-0.25, -0.2) is 0 Å². The van der Waals surface area contributed by atoms with Gasteiger partial charge in [-0.3, -0.25) is 0 Å². The average Bonchev–Trinajstić information content (AvgIpc) is 2.35. The lowest BCUT2D eigenvalue weighted by Crippen LogP contribution is -2.46. The van der Waals surface area contributed by atoms with Gasteiger partial charge in [-0.1, -0.05) is 43.1 Å². The van der Waals surface area contributed by atoms with Crippen molar-refractivity contribution in [2.24, 2.45) is 5.92 Å². The molecular formula is C15H21Cl2NO. The van der Waals surface area contributed by atoms with Crippen molar-refractivity contribution < 1.29 is 4.74 Å². The summed E-state index contributed by atoms with van der Waals surface area (Å²) in [5, 5.41) is 5.13. The van der Waals surface area contributed by atoms with Gasteiger partial charge in [0.25, 0.3) is 0 Å². The number of nitrogens with one attached hydrogen (secondary N) is 1. The van der Waals surface area contributed by atoms with Gasteiger partial charge in [0, 0.05) is 34.7 Å². The number of hydrogen-bond acceptors (Lipinski definition) is 2. The smallest absolute Gasteiger partial charge is 0.0512 e. The number of benzene rings is 1. The monoisotopic (exact) mass is 301 g/mol. The molecule has 1 heterocycles. The van der Waals surface area contributed by atoms with E-state index >= 15 is 0 Å². The Labute approximate surface area is 125 Å². The van der Waals surface area contributed by atoms with Crippen molar-refractivity contribution in [3.05, 3.63) is 33.8 Å². The Bertz CT molecular complexity index is 402. The summed E-state index contributed by atoms with van der Waals surface area (Å²) in [5.74, 6) is 0.425. The first-order valence-electron chi connectivity index (χ1n) is 6.84. The van der Waals surface area contributed by atoms with Gasteiger partial charge >= 0.3 is 0 Å². The fourth-order valence-electron chi connectivity index (χ4n) is 2.64. The van der Waals surface area contributed by atoms with E-state index in [0.717, 1.165) is 41.7 Å². The number of halogens is 2. The predicted octanol–water partition coefficient (Wildman–Crippen LogP) is 3.94. The van der Waals surface area contributed by atoms with Gasteiger partial charge in [-0.15, -0.1) is 0 Å². The van der Waals surface area contributed by atoms with Crippen LogP contribution in [0.3, 0.4) is 0 Å². The first kappa shape index (κ1) is 15.1. The zero-order valence-electron chi connectivity index (χ0n) is 11.5. The minimum Gasteiger partial charge on any atom is -0.381 e. The summed E-state index contributed by atoms with van der Waals surface area (Å²) in [6.07, 6.45) is 1.91. The lowest BCUT2D eigenvalue weighted by Gasteiger charge is -2.34. The van der Waals surface area contributed by atoms with E-state index in [2.05, 4.69) is 19.2 Å². The molecule has 1 aromatic rings. The Morgan fingerprint density at radius 1 is 1.32 bits per heavy atom.